The van der Waals surface area contributed by atoms with Crippen molar-refractivity contribution in [2.24, 2.45) is 0 Å². The molecule has 0 amide bonds. The highest BCUT2D eigenvalue weighted by atomic mass is 14.9. The lowest BCUT2D eigenvalue weighted by Crippen LogP contribution is -2.39. The Bertz CT molecular complexity index is 752. The van der Waals surface area contributed by atoms with Gasteiger partial charge in [0.15, 0.2) is 0 Å². The second-order valence-corrected chi connectivity index (χ2v) is 5.58. The fourth-order valence-corrected chi connectivity index (χ4v) is 2.65. The minimum absolute atomic E-state index is 0.658. The first-order valence-electron chi connectivity index (χ1n) is 7.07. The highest BCUT2D eigenvalue weighted by molar-refractivity contribution is 5.80. The molecule has 0 unspecified atom stereocenters. The summed E-state index contributed by atoms with van der Waals surface area (Å²) in [6.45, 7) is 4.27. The predicted octanol–water partition coefficient (Wildman–Crippen LogP) is 3.23. The number of fused-ring (bicyclic) bond motifs is 1. The summed E-state index contributed by atoms with van der Waals surface area (Å²) in [4.78, 5) is 8.13. The number of hydrogen-bond acceptors (Lipinski definition) is 2. The van der Waals surface area contributed by atoms with Gasteiger partial charge in [0.2, 0.25) is 0 Å². The monoisotopic (exact) mass is 263 g/mol. The molecular formula is C17H17N3. The van der Waals surface area contributed by atoms with Gasteiger partial charge in [0, 0.05) is 24.6 Å². The van der Waals surface area contributed by atoms with Gasteiger partial charge in [0.05, 0.1) is 11.0 Å². The maximum atomic E-state index is 4.69. The van der Waals surface area contributed by atoms with Crippen molar-refractivity contribution in [3.63, 3.8) is 0 Å². The highest BCUT2D eigenvalue weighted by Gasteiger charge is 2.19. The second-order valence-electron chi connectivity index (χ2n) is 5.58. The van der Waals surface area contributed by atoms with E-state index in [0.717, 1.165) is 35.5 Å². The lowest BCUT2D eigenvalue weighted by Gasteiger charge is -2.27. The van der Waals surface area contributed by atoms with Gasteiger partial charge in [-0.3, -0.25) is 0 Å². The lowest BCUT2D eigenvalue weighted by atomic mass is 9.93. The number of aromatic amines is 1. The molecule has 1 aliphatic rings. The van der Waals surface area contributed by atoms with Gasteiger partial charge >= 0.3 is 0 Å². The molecule has 3 nitrogen and oxygen atoms in total. The molecule has 2 aromatic carbocycles. The number of hydrogen-bond donors (Lipinski definition) is 2. The molecule has 0 saturated carbocycles. The van der Waals surface area contributed by atoms with Crippen LogP contribution in [0.3, 0.4) is 0 Å². The second kappa shape index (κ2) is 4.46. The third-order valence-electron chi connectivity index (χ3n) is 4.08. The van der Waals surface area contributed by atoms with Crippen LogP contribution in [0.4, 0.5) is 0 Å². The zero-order valence-electron chi connectivity index (χ0n) is 11.5. The SMILES string of the molecule is Cc1ccc(-c2nc3ccc(C4CNC4)cc3[nH]2)cc1. The molecule has 3 aromatic rings. The molecule has 4 rings (SSSR count). The van der Waals surface area contributed by atoms with Crippen LogP contribution in [0.1, 0.15) is 17.0 Å². The number of imidazole rings is 1. The van der Waals surface area contributed by atoms with E-state index in [1.807, 2.05) is 0 Å². The van der Waals surface area contributed by atoms with Gasteiger partial charge < -0.3 is 10.3 Å². The predicted molar refractivity (Wildman–Crippen MR) is 81.9 cm³/mol. The van der Waals surface area contributed by atoms with Crippen molar-refractivity contribution >= 4 is 11.0 Å². The van der Waals surface area contributed by atoms with E-state index in [2.05, 4.69) is 64.7 Å². The summed E-state index contributed by atoms with van der Waals surface area (Å²) >= 11 is 0. The Morgan fingerprint density at radius 1 is 1.05 bits per heavy atom. The minimum atomic E-state index is 0.658. The molecule has 1 fully saturated rings. The largest absolute Gasteiger partial charge is 0.338 e. The molecule has 0 aliphatic carbocycles. The fraction of sp³-hybridized carbons (Fsp3) is 0.235. The quantitative estimate of drug-likeness (QED) is 0.745. The van der Waals surface area contributed by atoms with Crippen molar-refractivity contribution < 1.29 is 0 Å². The maximum absolute atomic E-state index is 4.69. The van der Waals surface area contributed by atoms with E-state index in [1.54, 1.807) is 0 Å². The summed E-state index contributed by atoms with van der Waals surface area (Å²) in [5, 5.41) is 3.32. The summed E-state index contributed by atoms with van der Waals surface area (Å²) < 4.78 is 0. The van der Waals surface area contributed by atoms with E-state index >= 15 is 0 Å². The number of rotatable bonds is 2. The first-order chi connectivity index (χ1) is 9.79. The molecule has 0 bridgehead atoms. The molecule has 2 N–H and O–H groups in total. The Kier molecular flexibility index (Phi) is 2.60. The average molecular weight is 263 g/mol. The van der Waals surface area contributed by atoms with Crippen LogP contribution in [-0.2, 0) is 0 Å². The molecule has 1 aliphatic heterocycles. The van der Waals surface area contributed by atoms with Gasteiger partial charge in [-0.05, 0) is 24.6 Å². The smallest absolute Gasteiger partial charge is 0.138 e. The summed E-state index contributed by atoms with van der Waals surface area (Å²) in [5.41, 5.74) is 5.97. The van der Waals surface area contributed by atoms with E-state index in [1.165, 1.54) is 11.1 Å². The molecule has 0 atom stereocenters. The summed E-state index contributed by atoms with van der Waals surface area (Å²) in [6.07, 6.45) is 0. The van der Waals surface area contributed by atoms with E-state index in [0.29, 0.717) is 5.92 Å². The van der Waals surface area contributed by atoms with E-state index in [-0.39, 0.29) is 0 Å². The number of benzene rings is 2. The standard InChI is InChI=1S/C17H17N3/c1-11-2-4-12(5-3-11)17-19-15-7-6-13(8-16(15)20-17)14-9-18-10-14/h2-8,14,18H,9-10H2,1H3,(H,19,20). The van der Waals surface area contributed by atoms with Gasteiger partial charge in [-0.2, -0.15) is 0 Å². The van der Waals surface area contributed by atoms with Crippen molar-refractivity contribution in [3.05, 3.63) is 53.6 Å². The minimum Gasteiger partial charge on any atom is -0.338 e. The Hall–Kier alpha value is -2.13. The Morgan fingerprint density at radius 3 is 2.55 bits per heavy atom. The van der Waals surface area contributed by atoms with Crippen LogP contribution in [0, 0.1) is 6.92 Å². The first kappa shape index (κ1) is 11.7. The Labute approximate surface area is 118 Å². The summed E-state index contributed by atoms with van der Waals surface area (Å²) in [5.74, 6) is 1.61. The molecule has 0 radical (unpaired) electrons. The Morgan fingerprint density at radius 2 is 1.85 bits per heavy atom. The highest BCUT2D eigenvalue weighted by Crippen LogP contribution is 2.26. The van der Waals surface area contributed by atoms with E-state index in [9.17, 15) is 0 Å². The van der Waals surface area contributed by atoms with Crippen LogP contribution in [0.25, 0.3) is 22.4 Å². The molecular weight excluding hydrogens is 246 g/mol. The van der Waals surface area contributed by atoms with Gasteiger partial charge in [-0.15, -0.1) is 0 Å². The normalized spacial score (nSPS) is 15.4. The van der Waals surface area contributed by atoms with Crippen molar-refractivity contribution in [2.45, 2.75) is 12.8 Å². The zero-order valence-corrected chi connectivity index (χ0v) is 11.5. The zero-order chi connectivity index (χ0) is 13.5. The first-order valence-corrected chi connectivity index (χ1v) is 7.07. The summed E-state index contributed by atoms with van der Waals surface area (Å²) in [7, 11) is 0. The third-order valence-corrected chi connectivity index (χ3v) is 4.08. The molecule has 1 aromatic heterocycles. The average Bonchev–Trinajstić information content (AvgIpc) is 2.80. The molecule has 3 heteroatoms. The van der Waals surface area contributed by atoms with Crippen molar-refractivity contribution in [3.8, 4) is 11.4 Å². The van der Waals surface area contributed by atoms with Gasteiger partial charge in [0.1, 0.15) is 5.82 Å². The van der Waals surface area contributed by atoms with Crippen molar-refractivity contribution in [2.75, 3.05) is 13.1 Å². The third kappa shape index (κ3) is 1.91. The van der Waals surface area contributed by atoms with Crippen LogP contribution >= 0.6 is 0 Å². The topological polar surface area (TPSA) is 40.7 Å². The van der Waals surface area contributed by atoms with Crippen LogP contribution in [0.15, 0.2) is 42.5 Å². The summed E-state index contributed by atoms with van der Waals surface area (Å²) in [6, 6.07) is 15.0. The van der Waals surface area contributed by atoms with Gasteiger partial charge in [0.25, 0.3) is 0 Å². The number of aryl methyl sites for hydroxylation is 1. The molecule has 20 heavy (non-hydrogen) atoms. The van der Waals surface area contributed by atoms with Crippen LogP contribution in [-0.4, -0.2) is 23.1 Å². The van der Waals surface area contributed by atoms with E-state index in [4.69, 9.17) is 0 Å². The van der Waals surface area contributed by atoms with Crippen LogP contribution in [0.5, 0.6) is 0 Å². The number of aromatic nitrogens is 2. The van der Waals surface area contributed by atoms with E-state index < -0.39 is 0 Å². The van der Waals surface area contributed by atoms with Crippen LogP contribution < -0.4 is 5.32 Å². The van der Waals surface area contributed by atoms with Gasteiger partial charge in [-0.25, -0.2) is 4.98 Å². The molecule has 2 heterocycles. The maximum Gasteiger partial charge on any atom is 0.138 e. The van der Waals surface area contributed by atoms with Crippen molar-refractivity contribution in [1.29, 1.82) is 0 Å². The molecule has 0 spiro atoms. The molecule has 1 saturated heterocycles. The van der Waals surface area contributed by atoms with Crippen LogP contribution in [0.2, 0.25) is 0 Å². The van der Waals surface area contributed by atoms with Crippen molar-refractivity contribution in [1.82, 2.24) is 15.3 Å². The Balaban J connectivity index is 1.76. The number of H-pyrrole nitrogens is 1. The number of nitrogens with zero attached hydrogens (tertiary/aromatic N) is 1. The lowest BCUT2D eigenvalue weighted by molar-refractivity contribution is 0.449. The fourth-order valence-electron chi connectivity index (χ4n) is 2.65. The number of nitrogens with one attached hydrogen (secondary N) is 2. The molecule has 100 valence electrons. The van der Waals surface area contributed by atoms with Gasteiger partial charge in [-0.1, -0.05) is 35.9 Å².